The number of aryl methyl sites for hydroxylation is 2. The van der Waals surface area contributed by atoms with Crippen LogP contribution in [0, 0.1) is 0 Å². The Labute approximate surface area is 264 Å². The second-order valence-corrected chi connectivity index (χ2v) is 11.5. The number of hydrogen-bond donors (Lipinski definition) is 2. The SMILES string of the molecule is CCc1cc(Oc2ccc(C3(c4ccc(Oc5ccc(N)c(CC)c5)cc4)c4ccccc4-c4ccccc43)cc2)ccc1N. The maximum atomic E-state index is 6.29. The van der Waals surface area contributed by atoms with Crippen molar-refractivity contribution in [1.29, 1.82) is 0 Å². The van der Waals surface area contributed by atoms with Crippen molar-refractivity contribution < 1.29 is 9.47 Å². The van der Waals surface area contributed by atoms with Crippen molar-refractivity contribution in [1.82, 2.24) is 0 Å². The number of nitrogens with two attached hydrogens (primary N) is 2. The minimum atomic E-state index is -0.516. The Morgan fingerprint density at radius 2 is 0.844 bits per heavy atom. The molecule has 0 heterocycles. The molecule has 7 rings (SSSR count). The van der Waals surface area contributed by atoms with Gasteiger partial charge in [-0.2, -0.15) is 0 Å². The van der Waals surface area contributed by atoms with Crippen LogP contribution in [-0.4, -0.2) is 0 Å². The van der Waals surface area contributed by atoms with E-state index in [-0.39, 0.29) is 0 Å². The molecule has 0 amide bonds. The lowest BCUT2D eigenvalue weighted by atomic mass is 9.68. The van der Waals surface area contributed by atoms with Crippen LogP contribution in [0.3, 0.4) is 0 Å². The molecule has 4 N–H and O–H groups in total. The molecule has 0 aromatic heterocycles. The van der Waals surface area contributed by atoms with E-state index in [0.29, 0.717) is 0 Å². The molecule has 222 valence electrons. The highest BCUT2D eigenvalue weighted by molar-refractivity contribution is 5.86. The Balaban J connectivity index is 1.31. The first-order chi connectivity index (χ1) is 22.0. The molecule has 0 bridgehead atoms. The van der Waals surface area contributed by atoms with Crippen LogP contribution in [-0.2, 0) is 18.3 Å². The Morgan fingerprint density at radius 3 is 1.24 bits per heavy atom. The van der Waals surface area contributed by atoms with E-state index in [4.69, 9.17) is 20.9 Å². The molecule has 0 spiro atoms. The van der Waals surface area contributed by atoms with Crippen LogP contribution in [0.4, 0.5) is 11.4 Å². The first-order valence-corrected chi connectivity index (χ1v) is 15.5. The van der Waals surface area contributed by atoms with E-state index < -0.39 is 5.41 Å². The summed E-state index contributed by atoms with van der Waals surface area (Å²) in [4.78, 5) is 0. The van der Waals surface area contributed by atoms with Gasteiger partial charge < -0.3 is 20.9 Å². The predicted octanol–water partition coefficient (Wildman–Crippen LogP) is 9.92. The summed E-state index contributed by atoms with van der Waals surface area (Å²) >= 11 is 0. The van der Waals surface area contributed by atoms with Gasteiger partial charge in [-0.15, -0.1) is 0 Å². The Bertz CT molecular complexity index is 1850. The van der Waals surface area contributed by atoms with Gasteiger partial charge in [0.1, 0.15) is 23.0 Å². The number of hydrogen-bond acceptors (Lipinski definition) is 4. The van der Waals surface area contributed by atoms with Gasteiger partial charge in [-0.3, -0.25) is 0 Å². The zero-order valence-corrected chi connectivity index (χ0v) is 25.6. The summed E-state index contributed by atoms with van der Waals surface area (Å²) in [5.41, 5.74) is 22.8. The molecule has 6 aromatic carbocycles. The third-order valence-corrected chi connectivity index (χ3v) is 8.99. The number of nitrogen functional groups attached to an aromatic ring is 2. The van der Waals surface area contributed by atoms with Gasteiger partial charge in [0, 0.05) is 11.4 Å². The molecule has 0 radical (unpaired) electrons. The van der Waals surface area contributed by atoms with Crippen LogP contribution in [0.1, 0.15) is 47.2 Å². The molecule has 45 heavy (non-hydrogen) atoms. The van der Waals surface area contributed by atoms with E-state index in [1.54, 1.807) is 0 Å². The van der Waals surface area contributed by atoms with Crippen LogP contribution < -0.4 is 20.9 Å². The van der Waals surface area contributed by atoms with Gasteiger partial charge in [-0.05, 0) is 118 Å². The van der Waals surface area contributed by atoms with Crippen molar-refractivity contribution in [3.05, 3.63) is 167 Å². The van der Waals surface area contributed by atoms with Crippen molar-refractivity contribution in [3.63, 3.8) is 0 Å². The molecule has 0 unspecified atom stereocenters. The normalized spacial score (nSPS) is 12.8. The topological polar surface area (TPSA) is 70.5 Å². The standard InChI is InChI=1S/C41H36N2O2/c1-3-27-25-33(21-23-39(27)42)44-31-17-13-29(14-18-31)41(37-11-7-5-9-35(37)36-10-6-8-12-38(36)41)30-15-19-32(20-16-30)45-34-22-24-40(43)28(4-2)26-34/h5-26H,3-4,42-43H2,1-2H3. The smallest absolute Gasteiger partial charge is 0.127 e. The molecule has 1 aliphatic carbocycles. The molecule has 0 fully saturated rings. The largest absolute Gasteiger partial charge is 0.457 e. The second kappa shape index (κ2) is 11.5. The van der Waals surface area contributed by atoms with E-state index >= 15 is 0 Å². The van der Waals surface area contributed by atoms with Gasteiger partial charge in [0.2, 0.25) is 0 Å². The summed E-state index contributed by atoms with van der Waals surface area (Å²) < 4.78 is 12.6. The summed E-state index contributed by atoms with van der Waals surface area (Å²) in [6.07, 6.45) is 1.71. The molecule has 0 aliphatic heterocycles. The number of rotatable bonds is 8. The van der Waals surface area contributed by atoms with E-state index in [1.165, 1.54) is 33.4 Å². The number of fused-ring (bicyclic) bond motifs is 3. The fraction of sp³-hybridized carbons (Fsp3) is 0.122. The highest BCUT2D eigenvalue weighted by Crippen LogP contribution is 2.56. The van der Waals surface area contributed by atoms with Gasteiger partial charge in [-0.1, -0.05) is 86.6 Å². The monoisotopic (exact) mass is 588 g/mol. The van der Waals surface area contributed by atoms with Gasteiger partial charge in [0.05, 0.1) is 5.41 Å². The third kappa shape index (κ3) is 4.89. The molecular formula is C41H36N2O2. The maximum Gasteiger partial charge on any atom is 0.127 e. The van der Waals surface area contributed by atoms with Gasteiger partial charge in [0.15, 0.2) is 0 Å². The minimum Gasteiger partial charge on any atom is -0.457 e. The molecule has 0 saturated heterocycles. The van der Waals surface area contributed by atoms with E-state index in [1.807, 2.05) is 36.4 Å². The van der Waals surface area contributed by atoms with Crippen molar-refractivity contribution in [2.75, 3.05) is 11.5 Å². The van der Waals surface area contributed by atoms with Crippen molar-refractivity contribution >= 4 is 11.4 Å². The Morgan fingerprint density at radius 1 is 0.467 bits per heavy atom. The molecule has 6 aromatic rings. The molecule has 4 heteroatoms. The first kappa shape index (κ1) is 28.3. The molecule has 4 nitrogen and oxygen atoms in total. The van der Waals surface area contributed by atoms with Crippen LogP contribution >= 0.6 is 0 Å². The van der Waals surface area contributed by atoms with Crippen LogP contribution in [0.25, 0.3) is 11.1 Å². The number of anilines is 2. The summed E-state index contributed by atoms with van der Waals surface area (Å²) in [5, 5.41) is 0. The Hall–Kier alpha value is -5.48. The van der Waals surface area contributed by atoms with E-state index in [0.717, 1.165) is 58.3 Å². The highest BCUT2D eigenvalue weighted by atomic mass is 16.5. The van der Waals surface area contributed by atoms with Gasteiger partial charge in [-0.25, -0.2) is 0 Å². The molecule has 1 aliphatic rings. The second-order valence-electron chi connectivity index (χ2n) is 11.5. The summed E-state index contributed by atoms with van der Waals surface area (Å²) in [7, 11) is 0. The quantitative estimate of drug-likeness (QED) is 0.173. The fourth-order valence-corrected chi connectivity index (χ4v) is 6.75. The average Bonchev–Trinajstić information content (AvgIpc) is 3.38. The molecule has 0 atom stereocenters. The number of benzene rings is 6. The fourth-order valence-electron chi connectivity index (χ4n) is 6.75. The summed E-state index contributed by atoms with van der Waals surface area (Å²) in [6.45, 7) is 4.19. The summed E-state index contributed by atoms with van der Waals surface area (Å²) in [5.74, 6) is 3.11. The lowest BCUT2D eigenvalue weighted by Crippen LogP contribution is -2.28. The lowest BCUT2D eigenvalue weighted by Gasteiger charge is -2.34. The lowest BCUT2D eigenvalue weighted by molar-refractivity contribution is 0.481. The highest BCUT2D eigenvalue weighted by Gasteiger charge is 2.45. The third-order valence-electron chi connectivity index (χ3n) is 8.99. The van der Waals surface area contributed by atoms with E-state index in [2.05, 4.69) is 111 Å². The van der Waals surface area contributed by atoms with Crippen LogP contribution in [0.15, 0.2) is 133 Å². The molecule has 0 saturated carbocycles. The van der Waals surface area contributed by atoms with Crippen molar-refractivity contribution in [3.8, 4) is 34.1 Å². The van der Waals surface area contributed by atoms with Crippen LogP contribution in [0.2, 0.25) is 0 Å². The average molecular weight is 589 g/mol. The van der Waals surface area contributed by atoms with E-state index in [9.17, 15) is 0 Å². The summed E-state index contributed by atoms with van der Waals surface area (Å²) in [6, 6.07) is 46.2. The Kier molecular flexibility index (Phi) is 7.26. The van der Waals surface area contributed by atoms with Crippen molar-refractivity contribution in [2.24, 2.45) is 0 Å². The predicted molar refractivity (Wildman–Crippen MR) is 184 cm³/mol. The zero-order valence-electron chi connectivity index (χ0n) is 25.6. The zero-order chi connectivity index (χ0) is 31.0. The van der Waals surface area contributed by atoms with Crippen molar-refractivity contribution in [2.45, 2.75) is 32.1 Å². The number of ether oxygens (including phenoxy) is 2. The van der Waals surface area contributed by atoms with Crippen LogP contribution in [0.5, 0.6) is 23.0 Å². The van der Waals surface area contributed by atoms with Gasteiger partial charge >= 0.3 is 0 Å². The maximum absolute atomic E-state index is 6.29. The van der Waals surface area contributed by atoms with Gasteiger partial charge in [0.25, 0.3) is 0 Å². The minimum absolute atomic E-state index is 0.516. The first-order valence-electron chi connectivity index (χ1n) is 15.5. The molecular weight excluding hydrogens is 552 g/mol.